The largest absolute Gasteiger partial charge is 0.309 e. The normalized spacial score (nSPS) is 11.5. The summed E-state index contributed by atoms with van der Waals surface area (Å²) < 4.78 is 28.6. The molecule has 1 heterocycles. The van der Waals surface area contributed by atoms with Crippen LogP contribution in [0.5, 0.6) is 0 Å². The van der Waals surface area contributed by atoms with Crippen LogP contribution in [0.25, 0.3) is 0 Å². The van der Waals surface area contributed by atoms with Crippen LogP contribution in [0.2, 0.25) is 0 Å². The van der Waals surface area contributed by atoms with Gasteiger partial charge in [0.25, 0.3) is 0 Å². The van der Waals surface area contributed by atoms with E-state index < -0.39 is 0 Å². The summed E-state index contributed by atoms with van der Waals surface area (Å²) in [6.45, 7) is 4.13. The van der Waals surface area contributed by atoms with Crippen LogP contribution in [-0.2, 0) is 7.05 Å². The Labute approximate surface area is 150 Å². The van der Waals surface area contributed by atoms with Crippen LogP contribution < -0.4 is 0 Å². The van der Waals surface area contributed by atoms with Crippen molar-refractivity contribution in [1.82, 2.24) is 14.8 Å². The van der Waals surface area contributed by atoms with Crippen molar-refractivity contribution in [3.63, 3.8) is 0 Å². The summed E-state index contributed by atoms with van der Waals surface area (Å²) in [5, 5.41) is 9.18. The number of halogens is 2. The lowest BCUT2D eigenvalue weighted by Gasteiger charge is -2.17. The highest BCUT2D eigenvalue weighted by Crippen LogP contribution is 2.40. The summed E-state index contributed by atoms with van der Waals surface area (Å²) in [4.78, 5) is 0. The van der Waals surface area contributed by atoms with Gasteiger partial charge in [-0.3, -0.25) is 0 Å². The van der Waals surface area contributed by atoms with Crippen LogP contribution in [0.15, 0.2) is 53.7 Å². The minimum Gasteiger partial charge on any atom is -0.309 e. The van der Waals surface area contributed by atoms with Crippen molar-refractivity contribution in [1.29, 1.82) is 0 Å². The Morgan fingerprint density at radius 2 is 1.32 bits per heavy atom. The standard InChI is InChI=1S/C19H19F2N3S/c1-12(2)18-22-23-19(24(18)3)25-17(13-4-8-15(20)9-5-13)14-6-10-16(21)11-7-14/h4-12,17H,1-3H3. The molecule has 25 heavy (non-hydrogen) atoms. The fourth-order valence-electron chi connectivity index (χ4n) is 2.64. The van der Waals surface area contributed by atoms with Gasteiger partial charge in [0.05, 0.1) is 5.25 Å². The van der Waals surface area contributed by atoms with Gasteiger partial charge in [-0.2, -0.15) is 0 Å². The highest BCUT2D eigenvalue weighted by molar-refractivity contribution is 7.99. The van der Waals surface area contributed by atoms with Crippen molar-refractivity contribution in [2.24, 2.45) is 7.05 Å². The van der Waals surface area contributed by atoms with Crippen molar-refractivity contribution < 1.29 is 8.78 Å². The van der Waals surface area contributed by atoms with Gasteiger partial charge in [0.1, 0.15) is 17.5 Å². The SMILES string of the molecule is CC(C)c1nnc(SC(c2ccc(F)cc2)c2ccc(F)cc2)n1C. The average molecular weight is 359 g/mol. The quantitative estimate of drug-likeness (QED) is 0.594. The summed E-state index contributed by atoms with van der Waals surface area (Å²) in [7, 11) is 1.93. The van der Waals surface area contributed by atoms with Gasteiger partial charge >= 0.3 is 0 Å². The molecule has 1 aromatic heterocycles. The molecule has 0 aliphatic rings. The minimum atomic E-state index is -0.285. The lowest BCUT2D eigenvalue weighted by Crippen LogP contribution is -2.03. The Morgan fingerprint density at radius 3 is 1.72 bits per heavy atom. The Balaban J connectivity index is 1.99. The maximum Gasteiger partial charge on any atom is 0.191 e. The van der Waals surface area contributed by atoms with E-state index in [0.29, 0.717) is 0 Å². The Hall–Kier alpha value is -2.21. The van der Waals surface area contributed by atoms with E-state index in [1.807, 2.05) is 11.6 Å². The highest BCUT2D eigenvalue weighted by atomic mass is 32.2. The van der Waals surface area contributed by atoms with E-state index in [1.165, 1.54) is 36.0 Å². The molecule has 0 fully saturated rings. The lowest BCUT2D eigenvalue weighted by molar-refractivity contribution is 0.626. The highest BCUT2D eigenvalue weighted by Gasteiger charge is 2.21. The predicted molar refractivity (Wildman–Crippen MR) is 95.6 cm³/mol. The summed E-state index contributed by atoms with van der Waals surface area (Å²) in [5.74, 6) is 0.598. The molecule has 0 aliphatic carbocycles. The van der Waals surface area contributed by atoms with Gasteiger partial charge in [0, 0.05) is 13.0 Å². The van der Waals surface area contributed by atoms with Gasteiger partial charge < -0.3 is 4.57 Å². The fourth-order valence-corrected chi connectivity index (χ4v) is 3.78. The Kier molecular flexibility index (Phi) is 5.18. The second-order valence-electron chi connectivity index (χ2n) is 6.16. The monoisotopic (exact) mass is 359 g/mol. The van der Waals surface area contributed by atoms with Gasteiger partial charge in [0.2, 0.25) is 0 Å². The number of benzene rings is 2. The zero-order chi connectivity index (χ0) is 18.0. The van der Waals surface area contributed by atoms with Crippen LogP contribution in [-0.4, -0.2) is 14.8 Å². The average Bonchev–Trinajstić information content (AvgIpc) is 2.95. The molecule has 6 heteroatoms. The van der Waals surface area contributed by atoms with Crippen molar-refractivity contribution in [2.75, 3.05) is 0 Å². The van der Waals surface area contributed by atoms with E-state index in [2.05, 4.69) is 24.0 Å². The van der Waals surface area contributed by atoms with E-state index in [0.717, 1.165) is 22.1 Å². The third-order valence-corrected chi connectivity index (χ3v) is 5.30. The van der Waals surface area contributed by atoms with Crippen LogP contribution in [0.4, 0.5) is 8.78 Å². The first-order valence-corrected chi connectivity index (χ1v) is 8.90. The number of rotatable bonds is 5. The van der Waals surface area contributed by atoms with E-state index in [1.54, 1.807) is 24.3 Å². The Morgan fingerprint density at radius 1 is 0.840 bits per heavy atom. The minimum absolute atomic E-state index is 0.135. The lowest BCUT2D eigenvalue weighted by atomic mass is 10.0. The molecule has 130 valence electrons. The number of hydrogen-bond acceptors (Lipinski definition) is 3. The Bertz CT molecular complexity index is 797. The van der Waals surface area contributed by atoms with Crippen LogP contribution in [0.3, 0.4) is 0 Å². The van der Waals surface area contributed by atoms with Crippen molar-refractivity contribution in [3.8, 4) is 0 Å². The molecule has 0 aliphatic heterocycles. The maximum absolute atomic E-state index is 13.3. The molecular weight excluding hydrogens is 340 g/mol. The number of hydrogen-bond donors (Lipinski definition) is 0. The molecule has 3 aromatic rings. The first-order chi connectivity index (χ1) is 12.0. The summed E-state index contributed by atoms with van der Waals surface area (Å²) in [6, 6.07) is 12.7. The zero-order valence-electron chi connectivity index (χ0n) is 14.3. The molecule has 0 radical (unpaired) electrons. The van der Waals surface area contributed by atoms with Gasteiger partial charge in [-0.1, -0.05) is 49.9 Å². The zero-order valence-corrected chi connectivity index (χ0v) is 15.1. The number of nitrogens with zero attached hydrogens (tertiary/aromatic N) is 3. The van der Waals surface area contributed by atoms with Crippen LogP contribution in [0, 0.1) is 11.6 Å². The van der Waals surface area contributed by atoms with Gasteiger partial charge in [-0.15, -0.1) is 10.2 Å². The summed E-state index contributed by atoms with van der Waals surface area (Å²) in [5.41, 5.74) is 1.85. The third kappa shape index (κ3) is 3.90. The summed E-state index contributed by atoms with van der Waals surface area (Å²) in [6.07, 6.45) is 0. The summed E-state index contributed by atoms with van der Waals surface area (Å²) >= 11 is 1.52. The fraction of sp³-hybridized carbons (Fsp3) is 0.263. The molecule has 2 aromatic carbocycles. The van der Waals surface area contributed by atoms with Gasteiger partial charge in [-0.25, -0.2) is 8.78 Å². The molecule has 0 N–H and O–H groups in total. The molecule has 0 unspecified atom stereocenters. The van der Waals surface area contributed by atoms with Crippen LogP contribution in [0.1, 0.15) is 42.0 Å². The third-order valence-electron chi connectivity index (χ3n) is 3.95. The van der Waals surface area contributed by atoms with Gasteiger partial charge in [0.15, 0.2) is 5.16 Å². The molecule has 0 amide bonds. The van der Waals surface area contributed by atoms with Crippen molar-refractivity contribution in [2.45, 2.75) is 30.2 Å². The molecule has 0 atom stereocenters. The molecule has 0 saturated carbocycles. The van der Waals surface area contributed by atoms with E-state index in [4.69, 9.17) is 0 Å². The maximum atomic E-state index is 13.3. The van der Waals surface area contributed by atoms with E-state index in [-0.39, 0.29) is 22.8 Å². The molecule has 0 saturated heterocycles. The first-order valence-electron chi connectivity index (χ1n) is 8.02. The van der Waals surface area contributed by atoms with Crippen molar-refractivity contribution in [3.05, 3.63) is 77.1 Å². The van der Waals surface area contributed by atoms with E-state index >= 15 is 0 Å². The topological polar surface area (TPSA) is 30.7 Å². The second kappa shape index (κ2) is 7.35. The van der Waals surface area contributed by atoms with Crippen molar-refractivity contribution >= 4 is 11.8 Å². The number of thioether (sulfide) groups is 1. The molecule has 0 spiro atoms. The van der Waals surface area contributed by atoms with Crippen LogP contribution >= 0.6 is 11.8 Å². The molecule has 3 nitrogen and oxygen atoms in total. The van der Waals surface area contributed by atoms with Gasteiger partial charge in [-0.05, 0) is 35.4 Å². The second-order valence-corrected chi connectivity index (χ2v) is 7.23. The predicted octanol–water partition coefficient (Wildman–Crippen LogP) is 5.10. The molecular formula is C19H19F2N3S. The number of aromatic nitrogens is 3. The first kappa shape index (κ1) is 17.6. The smallest absolute Gasteiger partial charge is 0.191 e. The molecule has 0 bridgehead atoms. The van der Waals surface area contributed by atoms with E-state index in [9.17, 15) is 8.78 Å². The molecule has 3 rings (SSSR count).